The minimum Gasteiger partial charge on any atom is -0.387 e. The predicted molar refractivity (Wildman–Crippen MR) is 95.5 cm³/mol. The van der Waals surface area contributed by atoms with Crippen LogP contribution in [-0.4, -0.2) is 79.8 Å². The molecule has 0 radical (unpaired) electrons. The molecule has 21 heteroatoms. The molecule has 7 atom stereocenters. The Labute approximate surface area is 191 Å². The summed E-state index contributed by atoms with van der Waals surface area (Å²) in [5.74, 6) is -0.824. The Morgan fingerprint density at radius 2 is 2.06 bits per heavy atom. The van der Waals surface area contributed by atoms with Gasteiger partial charge in [-0.05, 0) is 0 Å². The summed E-state index contributed by atoms with van der Waals surface area (Å²) in [7, 11) is -18.5. The molecule has 0 bridgehead atoms. The molecule has 0 aliphatic carbocycles. The maximum atomic E-state index is 12.8. The molecule has 3 rings (SSSR count). The number of aliphatic hydroxyl groups is 2. The highest BCUT2D eigenvalue weighted by Gasteiger charge is 2.47. The van der Waals surface area contributed by atoms with E-state index in [1.165, 1.54) is 0 Å². The number of aromatic nitrogens is 4. The summed E-state index contributed by atoms with van der Waals surface area (Å²) in [4.78, 5) is 35.7. The summed E-state index contributed by atoms with van der Waals surface area (Å²) in [5, 5.41) is 8.12. The van der Waals surface area contributed by atoms with Gasteiger partial charge in [0.2, 0.25) is 5.72 Å². The first kappa shape index (κ1) is 11.7. The fourth-order valence-electron chi connectivity index (χ4n) is 1.86. The highest BCUT2D eigenvalue weighted by Crippen LogP contribution is 2.66. The molecule has 0 amide bonds. The van der Waals surface area contributed by atoms with Crippen molar-refractivity contribution in [2.24, 2.45) is 0 Å². The molecule has 8 N–H and O–H groups in total. The molecule has 4 unspecified atom stereocenters. The second-order valence-electron chi connectivity index (χ2n) is 5.00. The molecule has 0 aromatic carbocycles. The maximum absolute atomic E-state index is 12.8. The van der Waals surface area contributed by atoms with E-state index in [1.54, 1.807) is 0 Å². The lowest BCUT2D eigenvalue weighted by molar-refractivity contribution is -0.0503. The van der Waals surface area contributed by atoms with Gasteiger partial charge in [-0.25, -0.2) is 28.6 Å². The first-order chi connectivity index (χ1) is 20.3. The van der Waals surface area contributed by atoms with Crippen LogP contribution in [0.4, 0.5) is 5.82 Å². The number of rotatable bonds is 13. The summed E-state index contributed by atoms with van der Waals surface area (Å²) in [5.41, 5.74) is -1.94. The molecule has 1 aliphatic rings. The van der Waals surface area contributed by atoms with Crippen molar-refractivity contribution in [3.05, 3.63) is 12.6 Å². The number of ether oxygens (including phenoxy) is 1. The molecule has 2 aromatic rings. The van der Waals surface area contributed by atoms with E-state index in [2.05, 4.69) is 48.1 Å². The summed E-state index contributed by atoms with van der Waals surface area (Å²) in [6, 6.07) is 0. The van der Waals surface area contributed by atoms with Crippen molar-refractivity contribution in [3.63, 3.8) is 0 Å². The lowest BCUT2D eigenvalue weighted by Crippen LogP contribution is -2.33. The molecule has 18 nitrogen and oxygen atoms in total. The second kappa shape index (κ2) is 8.53. The smallest absolute Gasteiger partial charge is 0.387 e. The van der Waals surface area contributed by atoms with E-state index in [0.717, 1.165) is 0 Å². The number of hydrogen-bond donors (Lipinski definition) is 7. The number of phosphoric acid groups is 3. The van der Waals surface area contributed by atoms with Gasteiger partial charge in [0, 0.05) is 0 Å². The van der Waals surface area contributed by atoms with Gasteiger partial charge in [0.05, 0.1) is 21.1 Å². The van der Waals surface area contributed by atoms with Crippen LogP contribution in [0.2, 0.25) is 2.82 Å². The lowest BCUT2D eigenvalue weighted by Gasteiger charge is -2.19. The SMILES string of the molecule is [2H]OC1([2H])[C@]([2H])([15n]2c([2H])[15n]c3c([15N]([2H])[2H])[15n]c([2H])[15n]c32)O[C@]([2H])(C([2H])([2H])OP(=O)(O[2H])OP(=O)(O)OP(=O)(O)O[2H])[C@@]1([2H])O[2H]. The first-order valence-corrected chi connectivity index (χ1v) is 11.4. The zero-order chi connectivity index (χ0) is 34.8. The van der Waals surface area contributed by atoms with Gasteiger partial charge in [0.15, 0.2) is 20.5 Å². The van der Waals surface area contributed by atoms with Crippen LogP contribution in [0.25, 0.3) is 11.2 Å². The fourth-order valence-corrected chi connectivity index (χ4v) is 4.63. The maximum Gasteiger partial charge on any atom is 0.490 e. The normalized spacial score (nSPS) is 46.1. The van der Waals surface area contributed by atoms with Gasteiger partial charge >= 0.3 is 23.5 Å². The van der Waals surface area contributed by atoms with Gasteiger partial charge in [0.1, 0.15) is 32.8 Å². The number of phosphoric ester groups is 1. The van der Waals surface area contributed by atoms with Gasteiger partial charge < -0.3 is 40.3 Å². The molecule has 1 fully saturated rings. The van der Waals surface area contributed by atoms with Gasteiger partial charge in [-0.3, -0.25) is 9.09 Å². The van der Waals surface area contributed by atoms with Crippen molar-refractivity contribution in [1.29, 1.82) is 5.72 Å². The second-order valence-corrected chi connectivity index (χ2v) is 9.26. The predicted octanol–water partition coefficient (Wildman–Crippen LogP) is -1.63. The van der Waals surface area contributed by atoms with Gasteiger partial charge in [-0.2, -0.15) is 8.62 Å². The molecule has 1 saturated heterocycles. The van der Waals surface area contributed by atoms with Crippen LogP contribution in [0.1, 0.15) is 17.2 Å². The summed E-state index contributed by atoms with van der Waals surface area (Å²) >= 11 is 0. The van der Waals surface area contributed by atoms with Crippen molar-refractivity contribution in [3.8, 4) is 0 Å². The van der Waals surface area contributed by atoms with Gasteiger partial charge in [0.25, 0.3) is 0 Å². The van der Waals surface area contributed by atoms with Crippen molar-refractivity contribution < 1.29 is 75.2 Å². The quantitative estimate of drug-likeness (QED) is 0.114. The zero-order valence-electron chi connectivity index (χ0n) is 28.0. The Hall–Kier alpha value is -1.36. The third-order valence-electron chi connectivity index (χ3n) is 2.88. The zero-order valence-corrected chi connectivity index (χ0v) is 16.6. The molecule has 3 heterocycles. The van der Waals surface area contributed by atoms with Crippen LogP contribution in [0.15, 0.2) is 12.6 Å². The van der Waals surface area contributed by atoms with E-state index in [4.69, 9.17) is 29.1 Å². The van der Waals surface area contributed by atoms with Crippen LogP contribution in [0.5, 0.6) is 0 Å². The van der Waals surface area contributed by atoms with E-state index in [0.29, 0.717) is 0 Å². The first-order valence-electron chi connectivity index (χ1n) is 13.5. The van der Waals surface area contributed by atoms with Crippen molar-refractivity contribution in [1.82, 2.24) is 19.5 Å². The van der Waals surface area contributed by atoms with E-state index in [9.17, 15) is 18.6 Å². The topological polar surface area (TPSA) is 279 Å². The number of hydrogen-bond acceptors (Lipinski definition) is 15. The highest BCUT2D eigenvalue weighted by atomic mass is 31.3. The average Bonchev–Trinajstić information content (AvgIpc) is 3.31. The minimum atomic E-state index is -6.38. The van der Waals surface area contributed by atoms with Crippen LogP contribution in [0.3, 0.4) is 0 Å². The van der Waals surface area contributed by atoms with E-state index < -0.39 is 84.1 Å². The Bertz CT molecular complexity index is 1630. The molecule has 0 spiro atoms. The summed E-state index contributed by atoms with van der Waals surface area (Å²) in [6.07, 6.45) is -19.1. The van der Waals surface area contributed by atoms with E-state index in [-0.39, 0.29) is 10.3 Å². The van der Waals surface area contributed by atoms with Crippen molar-refractivity contribution in [2.45, 2.75) is 24.4 Å². The highest BCUT2D eigenvalue weighted by molar-refractivity contribution is 7.66. The monoisotopic (exact) mass is 526 g/mol. The van der Waals surface area contributed by atoms with Crippen LogP contribution in [-0.2, 0) is 31.6 Å². The number of nitrogen functional groups attached to an aromatic ring is 1. The summed E-state index contributed by atoms with van der Waals surface area (Å²) < 4.78 is 162. The molecule has 2 aromatic heterocycles. The Kier molecular flexibility index (Phi) is 3.21. The van der Waals surface area contributed by atoms with Crippen LogP contribution in [0, 0.1) is 0 Å². The molecule has 1 aliphatic heterocycles. The third kappa shape index (κ3) is 5.71. The molecular weight excluding hydrogens is 496 g/mol. The number of fused-ring (bicyclic) bond motifs is 1. The molecule has 31 heavy (non-hydrogen) atoms. The molecule has 0 saturated carbocycles. The van der Waals surface area contributed by atoms with Crippen molar-refractivity contribution >= 4 is 40.4 Å². The largest absolute Gasteiger partial charge is 0.490 e. The van der Waals surface area contributed by atoms with Gasteiger partial charge in [-0.1, -0.05) is 0 Å². The number of nitrogens with two attached hydrogens (primary N) is 1. The average molecular weight is 526 g/mol. The van der Waals surface area contributed by atoms with E-state index >= 15 is 0 Å². The third-order valence-corrected chi connectivity index (χ3v) is 6.47. The Balaban J connectivity index is 2.25. The van der Waals surface area contributed by atoms with Crippen molar-refractivity contribution in [2.75, 3.05) is 12.3 Å². The van der Waals surface area contributed by atoms with Crippen LogP contribution >= 0.6 is 23.5 Å². The number of nitrogens with zero attached hydrogens (tertiary/aromatic N) is 4. The Morgan fingerprint density at radius 3 is 2.74 bits per heavy atom. The van der Waals surface area contributed by atoms with Gasteiger partial charge in [-0.15, -0.1) is 0 Å². The van der Waals surface area contributed by atoms with E-state index in [1.807, 2.05) is 0 Å². The molecule has 174 valence electrons. The summed E-state index contributed by atoms with van der Waals surface area (Å²) in [6.45, 7) is -4.56. The number of imidazole rings is 1. The number of anilines is 1. The molecular formula is C10H16N5O13P3. The lowest BCUT2D eigenvalue weighted by atomic mass is 10.1. The Morgan fingerprint density at radius 1 is 1.26 bits per heavy atom. The standard InChI is InChI=1S/C10H16N5O13P3/c11-8-5-9(13-2-12-8)15(3-14-5)10-7(17)6(16)4(26-10)1-25-30(21,22)28-31(23,24)27-29(18,19)20/h2-4,6-7,10,16-17H,1H2,(H,21,22)(H,23,24)(H2,11,12,13)(H2,18,19,20)/t4-,6-,7?,10-/m1/s1/i1D2,2D,3D,4D,6D,7D,10D,11+1,12+1,13+1,14+1,15+1,16D,17D/hD4. The van der Waals surface area contributed by atoms with Crippen LogP contribution < -0.4 is 5.72 Å². The fraction of sp³-hybridized carbons (Fsp3) is 0.500. The minimum absolute atomic E-state index is 0.0439.